The minimum atomic E-state index is 0.489. The van der Waals surface area contributed by atoms with E-state index in [4.69, 9.17) is 11.6 Å². The van der Waals surface area contributed by atoms with Gasteiger partial charge in [-0.15, -0.1) is 11.3 Å². The van der Waals surface area contributed by atoms with Gasteiger partial charge in [0.15, 0.2) is 0 Å². The van der Waals surface area contributed by atoms with Crippen molar-refractivity contribution in [1.29, 1.82) is 0 Å². The number of hydrogen-bond donors (Lipinski definition) is 1. The van der Waals surface area contributed by atoms with E-state index in [9.17, 15) is 0 Å². The number of nitrogens with one attached hydrogen (secondary N) is 1. The highest BCUT2D eigenvalue weighted by Crippen LogP contribution is 2.53. The molecule has 2 fully saturated rings. The quantitative estimate of drug-likeness (QED) is 0.858. The maximum absolute atomic E-state index is 6.26. The molecule has 88 valence electrons. The first-order chi connectivity index (χ1) is 7.79. The van der Waals surface area contributed by atoms with E-state index in [0.717, 1.165) is 22.8 Å². The molecule has 0 aromatic carbocycles. The number of thiophene rings is 1. The molecule has 3 heteroatoms. The fourth-order valence-corrected chi connectivity index (χ4v) is 5.13. The Balaban J connectivity index is 1.84. The van der Waals surface area contributed by atoms with Gasteiger partial charge in [-0.05, 0) is 55.5 Å². The normalized spacial score (nSPS) is 34.5. The average Bonchev–Trinajstić information content (AvgIpc) is 2.97. The van der Waals surface area contributed by atoms with Gasteiger partial charge in [-0.2, -0.15) is 0 Å². The van der Waals surface area contributed by atoms with E-state index in [0.29, 0.717) is 6.04 Å². The molecule has 3 rings (SSSR count). The van der Waals surface area contributed by atoms with Crippen LogP contribution in [-0.2, 0) is 0 Å². The molecular formula is C13H18ClNS. The maximum atomic E-state index is 6.26. The van der Waals surface area contributed by atoms with Crippen LogP contribution in [0.2, 0.25) is 5.02 Å². The molecule has 2 aliphatic rings. The van der Waals surface area contributed by atoms with Gasteiger partial charge in [-0.1, -0.05) is 18.0 Å². The molecule has 0 amide bonds. The highest BCUT2D eigenvalue weighted by molar-refractivity contribution is 7.10. The van der Waals surface area contributed by atoms with E-state index in [2.05, 4.69) is 17.7 Å². The summed E-state index contributed by atoms with van der Waals surface area (Å²) in [6.45, 7) is 0. The molecule has 1 aromatic heterocycles. The molecule has 2 bridgehead atoms. The number of rotatable bonds is 3. The van der Waals surface area contributed by atoms with Crippen LogP contribution in [-0.4, -0.2) is 7.05 Å². The van der Waals surface area contributed by atoms with E-state index >= 15 is 0 Å². The minimum absolute atomic E-state index is 0.489. The minimum Gasteiger partial charge on any atom is -0.312 e. The highest BCUT2D eigenvalue weighted by atomic mass is 35.5. The van der Waals surface area contributed by atoms with Crippen LogP contribution < -0.4 is 5.32 Å². The summed E-state index contributed by atoms with van der Waals surface area (Å²) in [5.74, 6) is 2.77. The van der Waals surface area contributed by atoms with Crippen LogP contribution >= 0.6 is 22.9 Å². The van der Waals surface area contributed by atoms with E-state index in [1.54, 1.807) is 11.3 Å². The molecule has 1 N–H and O–H groups in total. The van der Waals surface area contributed by atoms with Gasteiger partial charge in [0.25, 0.3) is 0 Å². The molecular weight excluding hydrogens is 238 g/mol. The van der Waals surface area contributed by atoms with Crippen LogP contribution in [0.1, 0.15) is 36.6 Å². The van der Waals surface area contributed by atoms with Gasteiger partial charge in [-0.25, -0.2) is 0 Å². The largest absolute Gasteiger partial charge is 0.312 e. The van der Waals surface area contributed by atoms with Crippen LogP contribution in [0.3, 0.4) is 0 Å². The van der Waals surface area contributed by atoms with E-state index in [1.165, 1.54) is 30.6 Å². The van der Waals surface area contributed by atoms with Gasteiger partial charge in [0.1, 0.15) is 0 Å². The van der Waals surface area contributed by atoms with E-state index in [1.807, 2.05) is 6.07 Å². The molecule has 2 saturated carbocycles. The topological polar surface area (TPSA) is 12.0 Å². The Labute approximate surface area is 106 Å². The molecule has 4 unspecified atom stereocenters. The standard InChI is InChI=1S/C13H18ClNS/c1-15-12(13-11(14)4-5-16-13)10-7-8-2-3-9(10)6-8/h4-5,8-10,12,15H,2-3,6-7H2,1H3. The van der Waals surface area contributed by atoms with Crippen molar-refractivity contribution in [3.63, 3.8) is 0 Å². The zero-order valence-corrected chi connectivity index (χ0v) is 11.2. The predicted octanol–water partition coefficient (Wildman–Crippen LogP) is 4.10. The summed E-state index contributed by atoms with van der Waals surface area (Å²) in [5.41, 5.74) is 0. The third-order valence-corrected chi connectivity index (χ3v) is 5.90. The van der Waals surface area contributed by atoms with Crippen molar-refractivity contribution >= 4 is 22.9 Å². The monoisotopic (exact) mass is 255 g/mol. The van der Waals surface area contributed by atoms with Gasteiger partial charge < -0.3 is 5.32 Å². The Morgan fingerprint density at radius 1 is 1.44 bits per heavy atom. The van der Waals surface area contributed by atoms with Crippen LogP contribution in [0.15, 0.2) is 11.4 Å². The summed E-state index contributed by atoms with van der Waals surface area (Å²) < 4.78 is 0. The number of fused-ring (bicyclic) bond motifs is 2. The lowest BCUT2D eigenvalue weighted by Gasteiger charge is -2.30. The Morgan fingerprint density at radius 3 is 2.81 bits per heavy atom. The fourth-order valence-electron chi connectivity index (χ4n) is 3.77. The van der Waals surface area contributed by atoms with Crippen molar-refractivity contribution in [1.82, 2.24) is 5.32 Å². The number of hydrogen-bond acceptors (Lipinski definition) is 2. The molecule has 1 aromatic rings. The van der Waals surface area contributed by atoms with Gasteiger partial charge in [0.2, 0.25) is 0 Å². The summed E-state index contributed by atoms with van der Waals surface area (Å²) in [7, 11) is 2.08. The molecule has 0 radical (unpaired) electrons. The lowest BCUT2D eigenvalue weighted by Crippen LogP contribution is -2.28. The summed E-state index contributed by atoms with van der Waals surface area (Å²) >= 11 is 8.07. The van der Waals surface area contributed by atoms with Gasteiger partial charge in [-0.3, -0.25) is 0 Å². The Morgan fingerprint density at radius 2 is 2.31 bits per heavy atom. The molecule has 16 heavy (non-hydrogen) atoms. The molecule has 0 saturated heterocycles. The first kappa shape index (κ1) is 11.1. The van der Waals surface area contributed by atoms with Gasteiger partial charge in [0.05, 0.1) is 5.02 Å². The lowest BCUT2D eigenvalue weighted by molar-refractivity contribution is 0.262. The molecule has 0 aliphatic heterocycles. The van der Waals surface area contributed by atoms with Crippen LogP contribution in [0, 0.1) is 17.8 Å². The summed E-state index contributed by atoms with van der Waals surface area (Å²) in [5, 5.41) is 6.56. The zero-order chi connectivity index (χ0) is 11.1. The SMILES string of the molecule is CNC(c1sccc1Cl)C1CC2CCC1C2. The van der Waals surface area contributed by atoms with Crippen molar-refractivity contribution in [3.05, 3.63) is 21.3 Å². The van der Waals surface area contributed by atoms with Crippen LogP contribution in [0.5, 0.6) is 0 Å². The lowest BCUT2D eigenvalue weighted by atomic mass is 9.82. The fraction of sp³-hybridized carbons (Fsp3) is 0.692. The molecule has 4 atom stereocenters. The molecule has 1 heterocycles. The van der Waals surface area contributed by atoms with Crippen molar-refractivity contribution in [2.75, 3.05) is 7.05 Å². The second-order valence-corrected chi connectivity index (χ2v) is 6.59. The third kappa shape index (κ3) is 1.71. The average molecular weight is 256 g/mol. The first-order valence-corrected chi connectivity index (χ1v) is 7.45. The highest BCUT2D eigenvalue weighted by Gasteiger charge is 2.43. The summed E-state index contributed by atoms with van der Waals surface area (Å²) in [6.07, 6.45) is 5.78. The van der Waals surface area contributed by atoms with Crippen molar-refractivity contribution < 1.29 is 0 Å². The second-order valence-electron chi connectivity index (χ2n) is 5.24. The Bertz CT molecular complexity index is 376. The molecule has 1 nitrogen and oxygen atoms in total. The van der Waals surface area contributed by atoms with Crippen LogP contribution in [0.25, 0.3) is 0 Å². The number of halogens is 1. The Hall–Kier alpha value is -0.0500. The molecule has 0 spiro atoms. The summed E-state index contributed by atoms with van der Waals surface area (Å²) in [4.78, 5) is 1.35. The predicted molar refractivity (Wildman–Crippen MR) is 70.1 cm³/mol. The second kappa shape index (κ2) is 4.32. The van der Waals surface area contributed by atoms with Crippen molar-refractivity contribution in [2.24, 2.45) is 17.8 Å². The maximum Gasteiger partial charge on any atom is 0.0561 e. The summed E-state index contributed by atoms with van der Waals surface area (Å²) in [6, 6.07) is 2.52. The van der Waals surface area contributed by atoms with E-state index in [-0.39, 0.29) is 0 Å². The molecule has 2 aliphatic carbocycles. The van der Waals surface area contributed by atoms with Crippen molar-refractivity contribution in [2.45, 2.75) is 31.7 Å². The van der Waals surface area contributed by atoms with E-state index < -0.39 is 0 Å². The third-order valence-electron chi connectivity index (χ3n) is 4.46. The van der Waals surface area contributed by atoms with Gasteiger partial charge >= 0.3 is 0 Å². The first-order valence-electron chi connectivity index (χ1n) is 6.19. The Kier molecular flexibility index (Phi) is 2.99. The van der Waals surface area contributed by atoms with Crippen molar-refractivity contribution in [3.8, 4) is 0 Å². The van der Waals surface area contributed by atoms with Gasteiger partial charge in [0, 0.05) is 10.9 Å². The smallest absolute Gasteiger partial charge is 0.0561 e. The zero-order valence-electron chi connectivity index (χ0n) is 9.58. The van der Waals surface area contributed by atoms with Crippen LogP contribution in [0.4, 0.5) is 0 Å².